The van der Waals surface area contributed by atoms with Gasteiger partial charge in [0.2, 0.25) is 5.91 Å². The highest BCUT2D eigenvalue weighted by molar-refractivity contribution is 6.30. The fraction of sp³-hybridized carbons (Fsp3) is 0.519. The second-order valence-electron chi connectivity index (χ2n) is 10.2. The molecule has 0 aliphatic carbocycles. The standard InChI is InChI=1S/C27H35ClF3N3O/c1-19(18-32)4-7-21-16-22(27(29,30)31)8-11-24(21)33-12-14-34(15-13-33)25(35)26(2,3)17-20-5-9-23(28)10-6-20/h5-6,8-11,16,19H,4,7,12-15,17-18,32H2,1-3H3. The number of aryl methyl sites for hydroxylation is 1. The van der Waals surface area contributed by atoms with Crippen molar-refractivity contribution < 1.29 is 18.0 Å². The molecule has 8 heteroatoms. The first-order chi connectivity index (χ1) is 16.4. The van der Waals surface area contributed by atoms with E-state index in [0.717, 1.165) is 23.7 Å². The molecule has 1 unspecified atom stereocenters. The van der Waals surface area contributed by atoms with Gasteiger partial charge in [0.1, 0.15) is 0 Å². The van der Waals surface area contributed by atoms with Gasteiger partial charge in [-0.1, -0.05) is 44.5 Å². The Hall–Kier alpha value is -2.25. The Morgan fingerprint density at radius 3 is 2.26 bits per heavy atom. The van der Waals surface area contributed by atoms with Crippen LogP contribution in [-0.4, -0.2) is 43.5 Å². The molecule has 1 amide bonds. The molecule has 1 atom stereocenters. The average Bonchev–Trinajstić information content (AvgIpc) is 2.82. The van der Waals surface area contributed by atoms with E-state index in [1.54, 1.807) is 6.07 Å². The summed E-state index contributed by atoms with van der Waals surface area (Å²) in [5.41, 5.74) is 7.06. The third kappa shape index (κ3) is 7.14. The van der Waals surface area contributed by atoms with Gasteiger partial charge in [-0.3, -0.25) is 4.79 Å². The summed E-state index contributed by atoms with van der Waals surface area (Å²) in [4.78, 5) is 17.3. The summed E-state index contributed by atoms with van der Waals surface area (Å²) in [6.07, 6.45) is -2.52. The van der Waals surface area contributed by atoms with Gasteiger partial charge in [0.25, 0.3) is 0 Å². The summed E-state index contributed by atoms with van der Waals surface area (Å²) < 4.78 is 40.1. The molecule has 0 saturated carbocycles. The van der Waals surface area contributed by atoms with Crippen LogP contribution in [0.3, 0.4) is 0 Å². The van der Waals surface area contributed by atoms with E-state index in [2.05, 4.69) is 4.90 Å². The molecule has 35 heavy (non-hydrogen) atoms. The van der Waals surface area contributed by atoms with Crippen LogP contribution in [0.1, 0.15) is 43.9 Å². The molecule has 1 saturated heterocycles. The number of carbonyl (C=O) groups is 1. The lowest BCUT2D eigenvalue weighted by Crippen LogP contribution is -2.52. The molecule has 2 N–H and O–H groups in total. The van der Waals surface area contributed by atoms with Crippen molar-refractivity contribution in [3.05, 3.63) is 64.2 Å². The quantitative estimate of drug-likeness (QED) is 0.489. The van der Waals surface area contributed by atoms with Crippen molar-refractivity contribution in [2.45, 2.75) is 46.2 Å². The van der Waals surface area contributed by atoms with Crippen LogP contribution < -0.4 is 10.6 Å². The molecule has 1 heterocycles. The van der Waals surface area contributed by atoms with Gasteiger partial charge in [-0.25, -0.2) is 0 Å². The van der Waals surface area contributed by atoms with E-state index in [4.69, 9.17) is 17.3 Å². The number of nitrogens with two attached hydrogens (primary N) is 1. The monoisotopic (exact) mass is 509 g/mol. The van der Waals surface area contributed by atoms with E-state index in [9.17, 15) is 18.0 Å². The van der Waals surface area contributed by atoms with Gasteiger partial charge in [-0.15, -0.1) is 0 Å². The van der Waals surface area contributed by atoms with Crippen LogP contribution in [0.15, 0.2) is 42.5 Å². The van der Waals surface area contributed by atoms with E-state index in [1.165, 1.54) is 6.07 Å². The van der Waals surface area contributed by atoms with Gasteiger partial charge in [0.05, 0.1) is 5.56 Å². The molecule has 2 aromatic carbocycles. The number of amides is 1. The lowest BCUT2D eigenvalue weighted by atomic mass is 9.84. The molecule has 4 nitrogen and oxygen atoms in total. The number of anilines is 1. The largest absolute Gasteiger partial charge is 0.416 e. The summed E-state index contributed by atoms with van der Waals surface area (Å²) >= 11 is 5.97. The van der Waals surface area contributed by atoms with Crippen molar-refractivity contribution in [1.29, 1.82) is 0 Å². The van der Waals surface area contributed by atoms with Gasteiger partial charge >= 0.3 is 6.18 Å². The lowest BCUT2D eigenvalue weighted by Gasteiger charge is -2.40. The molecule has 0 radical (unpaired) electrons. The summed E-state index contributed by atoms with van der Waals surface area (Å²) in [5.74, 6) is 0.311. The SMILES string of the molecule is CC(CN)CCc1cc(C(F)(F)F)ccc1N1CCN(C(=O)C(C)(C)Cc2ccc(Cl)cc2)CC1. The molecular formula is C27H35ClF3N3O. The highest BCUT2D eigenvalue weighted by atomic mass is 35.5. The predicted molar refractivity (Wildman–Crippen MR) is 136 cm³/mol. The molecule has 2 aromatic rings. The highest BCUT2D eigenvalue weighted by Crippen LogP contribution is 2.34. The van der Waals surface area contributed by atoms with E-state index < -0.39 is 17.2 Å². The zero-order valence-corrected chi connectivity index (χ0v) is 21.4. The van der Waals surface area contributed by atoms with Crippen molar-refractivity contribution in [3.63, 3.8) is 0 Å². The summed E-state index contributed by atoms with van der Waals surface area (Å²) in [5, 5.41) is 0.661. The second kappa shape index (κ2) is 11.2. The topological polar surface area (TPSA) is 49.6 Å². The van der Waals surface area contributed by atoms with Gasteiger partial charge in [0, 0.05) is 42.3 Å². The van der Waals surface area contributed by atoms with E-state index >= 15 is 0 Å². The number of halogens is 4. The van der Waals surface area contributed by atoms with E-state index in [0.29, 0.717) is 56.2 Å². The number of hydrogen-bond donors (Lipinski definition) is 1. The maximum atomic E-state index is 13.4. The maximum absolute atomic E-state index is 13.4. The molecule has 1 aliphatic rings. The minimum atomic E-state index is -4.38. The van der Waals surface area contributed by atoms with Gasteiger partial charge in [-0.05, 0) is 73.2 Å². The van der Waals surface area contributed by atoms with Crippen molar-refractivity contribution in [2.24, 2.45) is 17.1 Å². The van der Waals surface area contributed by atoms with Gasteiger partial charge in [-0.2, -0.15) is 13.2 Å². The Bertz CT molecular complexity index is 1000. The molecular weight excluding hydrogens is 475 g/mol. The Labute approximate surface area is 211 Å². The number of benzene rings is 2. The summed E-state index contributed by atoms with van der Waals surface area (Å²) in [6.45, 7) is 8.61. The smallest absolute Gasteiger partial charge is 0.368 e. The number of carbonyl (C=O) groups excluding carboxylic acids is 1. The van der Waals surface area contributed by atoms with E-state index in [1.807, 2.05) is 49.9 Å². The van der Waals surface area contributed by atoms with Crippen molar-refractivity contribution in [1.82, 2.24) is 4.90 Å². The fourth-order valence-electron chi connectivity index (χ4n) is 4.56. The molecule has 0 spiro atoms. The third-order valence-corrected chi connectivity index (χ3v) is 7.01. The number of rotatable bonds is 8. The Morgan fingerprint density at radius 2 is 1.69 bits per heavy atom. The van der Waals surface area contributed by atoms with Gasteiger partial charge in [0.15, 0.2) is 0 Å². The maximum Gasteiger partial charge on any atom is 0.416 e. The molecule has 3 rings (SSSR count). The van der Waals surface area contributed by atoms with E-state index in [-0.39, 0.29) is 11.8 Å². The Balaban J connectivity index is 1.69. The highest BCUT2D eigenvalue weighted by Gasteiger charge is 2.35. The zero-order valence-electron chi connectivity index (χ0n) is 20.7. The number of nitrogens with zero attached hydrogens (tertiary/aromatic N) is 2. The number of hydrogen-bond acceptors (Lipinski definition) is 3. The average molecular weight is 510 g/mol. The van der Waals surface area contributed by atoms with Crippen LogP contribution >= 0.6 is 11.6 Å². The molecule has 1 aliphatic heterocycles. The minimum absolute atomic E-state index is 0.0801. The van der Waals surface area contributed by atoms with Crippen LogP contribution in [0.2, 0.25) is 5.02 Å². The molecule has 0 bridgehead atoms. The summed E-state index contributed by atoms with van der Waals surface area (Å²) in [7, 11) is 0. The third-order valence-electron chi connectivity index (χ3n) is 6.76. The van der Waals surface area contributed by atoms with Gasteiger partial charge < -0.3 is 15.5 Å². The molecule has 0 aromatic heterocycles. The zero-order chi connectivity index (χ0) is 25.8. The number of alkyl halides is 3. The fourth-order valence-corrected chi connectivity index (χ4v) is 4.68. The van der Waals surface area contributed by atoms with Crippen LogP contribution in [0.25, 0.3) is 0 Å². The summed E-state index contributed by atoms with van der Waals surface area (Å²) in [6, 6.07) is 11.5. The van der Waals surface area contributed by atoms with Crippen molar-refractivity contribution in [3.8, 4) is 0 Å². The Morgan fingerprint density at radius 1 is 1.06 bits per heavy atom. The normalized spacial score (nSPS) is 15.9. The molecule has 1 fully saturated rings. The first kappa shape index (κ1) is 27.3. The van der Waals surface area contributed by atoms with Crippen LogP contribution in [0.5, 0.6) is 0 Å². The minimum Gasteiger partial charge on any atom is -0.368 e. The first-order valence-corrected chi connectivity index (χ1v) is 12.5. The molecule has 192 valence electrons. The van der Waals surface area contributed by atoms with Crippen molar-refractivity contribution >= 4 is 23.2 Å². The Kier molecular flexibility index (Phi) is 8.76. The predicted octanol–water partition coefficient (Wildman–Crippen LogP) is 5.80. The van der Waals surface area contributed by atoms with Crippen molar-refractivity contribution in [2.75, 3.05) is 37.6 Å². The van der Waals surface area contributed by atoms with Crippen LogP contribution in [0.4, 0.5) is 18.9 Å². The first-order valence-electron chi connectivity index (χ1n) is 12.1. The van der Waals surface area contributed by atoms with Crippen LogP contribution in [-0.2, 0) is 23.8 Å². The number of piperazine rings is 1. The van der Waals surface area contributed by atoms with Crippen LogP contribution in [0, 0.1) is 11.3 Å². The second-order valence-corrected chi connectivity index (χ2v) is 10.6. The lowest BCUT2D eigenvalue weighted by molar-refractivity contribution is -0.140.